The fourth-order valence-electron chi connectivity index (χ4n) is 3.88. The first kappa shape index (κ1) is 18.2. The molecule has 2 aromatic carbocycles. The summed E-state index contributed by atoms with van der Waals surface area (Å²) < 4.78 is 13.3. The molecule has 0 bridgehead atoms. The van der Waals surface area contributed by atoms with Crippen molar-refractivity contribution in [3.8, 4) is 6.07 Å². The van der Waals surface area contributed by atoms with Crippen molar-refractivity contribution in [2.75, 3.05) is 18.0 Å². The molecule has 1 saturated carbocycles. The van der Waals surface area contributed by atoms with Crippen LogP contribution in [0.15, 0.2) is 48.5 Å². The van der Waals surface area contributed by atoms with Crippen LogP contribution in [0.2, 0.25) is 0 Å². The first-order valence-electron chi connectivity index (χ1n) is 9.32. The third kappa shape index (κ3) is 3.03. The average molecular weight is 377 g/mol. The maximum absolute atomic E-state index is 13.3. The highest BCUT2D eigenvalue weighted by Gasteiger charge is 2.54. The number of carbonyl (C=O) groups excluding carboxylic acids is 2. The Kier molecular flexibility index (Phi) is 4.38. The Morgan fingerprint density at radius 3 is 2.36 bits per heavy atom. The van der Waals surface area contributed by atoms with Gasteiger partial charge >= 0.3 is 0 Å². The van der Waals surface area contributed by atoms with Gasteiger partial charge in [-0.1, -0.05) is 12.1 Å². The summed E-state index contributed by atoms with van der Waals surface area (Å²) in [6.45, 7) is 2.35. The minimum Gasteiger partial charge on any atom is -0.328 e. The number of amides is 2. The van der Waals surface area contributed by atoms with Crippen molar-refractivity contribution in [1.29, 1.82) is 5.26 Å². The molecule has 0 aromatic heterocycles. The second-order valence-corrected chi connectivity index (χ2v) is 7.53. The quantitative estimate of drug-likeness (QED) is 0.826. The molecule has 1 heterocycles. The van der Waals surface area contributed by atoms with Gasteiger partial charge in [-0.25, -0.2) is 4.39 Å². The molecule has 1 atom stereocenters. The molecule has 2 aromatic rings. The number of nitriles is 1. The first-order valence-corrected chi connectivity index (χ1v) is 9.32. The summed E-state index contributed by atoms with van der Waals surface area (Å²) in [6.07, 6.45) is 1.43. The molecular weight excluding hydrogens is 357 g/mol. The highest BCUT2D eigenvalue weighted by molar-refractivity contribution is 6.00. The van der Waals surface area contributed by atoms with Gasteiger partial charge < -0.3 is 9.80 Å². The lowest BCUT2D eigenvalue weighted by atomic mass is 9.93. The van der Waals surface area contributed by atoms with Gasteiger partial charge in [0.1, 0.15) is 12.4 Å². The van der Waals surface area contributed by atoms with Gasteiger partial charge in [0.05, 0.1) is 17.0 Å². The van der Waals surface area contributed by atoms with Crippen LogP contribution in [0.1, 0.15) is 30.9 Å². The number of anilines is 1. The summed E-state index contributed by atoms with van der Waals surface area (Å²) in [4.78, 5) is 29.3. The molecule has 142 valence electrons. The molecule has 4 rings (SSSR count). The Morgan fingerprint density at radius 1 is 1.14 bits per heavy atom. The summed E-state index contributed by atoms with van der Waals surface area (Å²) in [7, 11) is 0. The van der Waals surface area contributed by atoms with E-state index in [4.69, 9.17) is 5.26 Å². The summed E-state index contributed by atoms with van der Waals surface area (Å²) >= 11 is 0. The number of carbonyl (C=O) groups is 2. The van der Waals surface area contributed by atoms with E-state index in [1.807, 2.05) is 6.92 Å². The highest BCUT2D eigenvalue weighted by Crippen LogP contribution is 2.50. The van der Waals surface area contributed by atoms with Crippen molar-refractivity contribution in [1.82, 2.24) is 4.90 Å². The van der Waals surface area contributed by atoms with Crippen LogP contribution in [0.5, 0.6) is 0 Å². The smallest absolute Gasteiger partial charge is 0.246 e. The van der Waals surface area contributed by atoms with Crippen molar-refractivity contribution in [3.63, 3.8) is 0 Å². The number of halogens is 1. The van der Waals surface area contributed by atoms with Crippen molar-refractivity contribution >= 4 is 17.5 Å². The van der Waals surface area contributed by atoms with Crippen molar-refractivity contribution in [3.05, 3.63) is 65.5 Å². The summed E-state index contributed by atoms with van der Waals surface area (Å²) in [5, 5.41) is 8.92. The van der Waals surface area contributed by atoms with Crippen LogP contribution in [0, 0.1) is 17.1 Å². The van der Waals surface area contributed by atoms with E-state index in [-0.39, 0.29) is 30.2 Å². The molecule has 1 aliphatic heterocycles. The van der Waals surface area contributed by atoms with E-state index in [9.17, 15) is 14.0 Å². The average Bonchev–Trinajstić information content (AvgIpc) is 3.51. The standard InChI is InChI=1S/C22H20FN3O2/c1-15-13-26(19-8-2-16(12-24)3-9-19)20(27)14-25(15)21(28)22(10-11-22)17-4-6-18(23)7-5-17/h2-9,15H,10-11,13-14H2,1H3/t15-/m1/s1. The van der Waals surface area contributed by atoms with E-state index >= 15 is 0 Å². The van der Waals surface area contributed by atoms with Gasteiger partial charge in [-0.15, -0.1) is 0 Å². The predicted molar refractivity (Wildman–Crippen MR) is 102 cm³/mol. The van der Waals surface area contributed by atoms with Gasteiger partial charge in [0, 0.05) is 18.3 Å². The Morgan fingerprint density at radius 2 is 1.79 bits per heavy atom. The Hall–Kier alpha value is -3.20. The van der Waals surface area contributed by atoms with E-state index in [2.05, 4.69) is 6.07 Å². The lowest BCUT2D eigenvalue weighted by Crippen LogP contribution is -2.59. The first-order chi connectivity index (χ1) is 13.4. The zero-order valence-corrected chi connectivity index (χ0v) is 15.6. The van der Waals surface area contributed by atoms with Gasteiger partial charge in [0.2, 0.25) is 11.8 Å². The molecule has 0 radical (unpaired) electrons. The summed E-state index contributed by atoms with van der Waals surface area (Å²) in [6, 6.07) is 14.9. The topological polar surface area (TPSA) is 64.4 Å². The van der Waals surface area contributed by atoms with Crippen LogP contribution in [-0.2, 0) is 15.0 Å². The molecule has 1 aliphatic carbocycles. The number of hydrogen-bond acceptors (Lipinski definition) is 3. The molecule has 0 N–H and O–H groups in total. The second kappa shape index (κ2) is 6.75. The van der Waals surface area contributed by atoms with Crippen LogP contribution in [0.4, 0.5) is 10.1 Å². The van der Waals surface area contributed by atoms with Gasteiger partial charge in [0.15, 0.2) is 0 Å². The van der Waals surface area contributed by atoms with Crippen LogP contribution in [0.3, 0.4) is 0 Å². The zero-order valence-electron chi connectivity index (χ0n) is 15.6. The molecule has 1 saturated heterocycles. The van der Waals surface area contributed by atoms with E-state index in [1.54, 1.807) is 46.2 Å². The highest BCUT2D eigenvalue weighted by atomic mass is 19.1. The van der Waals surface area contributed by atoms with Crippen LogP contribution in [0.25, 0.3) is 0 Å². The van der Waals surface area contributed by atoms with Gasteiger partial charge in [-0.05, 0) is 61.7 Å². The van der Waals surface area contributed by atoms with Crippen molar-refractivity contribution < 1.29 is 14.0 Å². The maximum atomic E-state index is 13.3. The molecular formula is C22H20FN3O2. The van der Waals surface area contributed by atoms with E-state index in [0.717, 1.165) is 11.3 Å². The normalized spacial score (nSPS) is 20.6. The SMILES string of the molecule is C[C@@H]1CN(c2ccc(C#N)cc2)C(=O)CN1C(=O)C1(c2ccc(F)cc2)CC1. The minimum absolute atomic E-state index is 0.0168. The summed E-state index contributed by atoms with van der Waals surface area (Å²) in [5.74, 6) is -0.530. The lowest BCUT2D eigenvalue weighted by Gasteiger charge is -2.41. The molecule has 2 fully saturated rings. The Labute approximate surface area is 163 Å². The minimum atomic E-state index is -0.626. The van der Waals surface area contributed by atoms with E-state index < -0.39 is 5.41 Å². The Balaban J connectivity index is 1.53. The zero-order chi connectivity index (χ0) is 19.9. The number of hydrogen-bond donors (Lipinski definition) is 0. The molecule has 2 amide bonds. The van der Waals surface area contributed by atoms with Gasteiger partial charge in [-0.2, -0.15) is 5.26 Å². The van der Waals surface area contributed by atoms with E-state index in [0.29, 0.717) is 24.9 Å². The molecule has 2 aliphatic rings. The van der Waals surface area contributed by atoms with Crippen LogP contribution in [-0.4, -0.2) is 35.8 Å². The van der Waals surface area contributed by atoms with E-state index in [1.165, 1.54) is 12.1 Å². The molecule has 5 nitrogen and oxygen atoms in total. The number of piperazine rings is 1. The lowest BCUT2D eigenvalue weighted by molar-refractivity contribution is -0.141. The number of benzene rings is 2. The second-order valence-electron chi connectivity index (χ2n) is 7.53. The predicted octanol–water partition coefficient (Wildman–Crippen LogP) is 2.99. The van der Waals surface area contributed by atoms with Gasteiger partial charge in [-0.3, -0.25) is 9.59 Å². The number of nitrogens with zero attached hydrogens (tertiary/aromatic N) is 3. The van der Waals surface area contributed by atoms with Gasteiger partial charge in [0.25, 0.3) is 0 Å². The summed E-state index contributed by atoms with van der Waals surface area (Å²) in [5.41, 5.74) is 1.45. The van der Waals surface area contributed by atoms with Crippen LogP contribution >= 0.6 is 0 Å². The largest absolute Gasteiger partial charge is 0.328 e. The Bertz CT molecular complexity index is 959. The fraction of sp³-hybridized carbons (Fsp3) is 0.318. The monoisotopic (exact) mass is 377 g/mol. The maximum Gasteiger partial charge on any atom is 0.246 e. The molecule has 0 unspecified atom stereocenters. The van der Waals surface area contributed by atoms with Crippen molar-refractivity contribution in [2.45, 2.75) is 31.2 Å². The number of rotatable bonds is 3. The molecule has 6 heteroatoms. The molecule has 0 spiro atoms. The molecule has 28 heavy (non-hydrogen) atoms. The van der Waals surface area contributed by atoms with Crippen LogP contribution < -0.4 is 4.90 Å². The third-order valence-electron chi connectivity index (χ3n) is 5.71. The fourth-order valence-corrected chi connectivity index (χ4v) is 3.88. The van der Waals surface area contributed by atoms with Crippen molar-refractivity contribution in [2.24, 2.45) is 0 Å². The third-order valence-corrected chi connectivity index (χ3v) is 5.71.